The van der Waals surface area contributed by atoms with Crippen molar-refractivity contribution in [3.63, 3.8) is 0 Å². The maximum absolute atomic E-state index is 12.2. The molecule has 0 fully saturated rings. The number of nitrogens with zero attached hydrogens (tertiary/aromatic N) is 4. The highest BCUT2D eigenvalue weighted by Gasteiger charge is 2.09. The number of pyridine rings is 1. The van der Waals surface area contributed by atoms with Crippen molar-refractivity contribution in [1.82, 2.24) is 19.6 Å². The lowest BCUT2D eigenvalue weighted by Gasteiger charge is -2.05. The third kappa shape index (κ3) is 3.17. The molecule has 8 heteroatoms. The zero-order chi connectivity index (χ0) is 15.5. The average Bonchev–Trinajstić information content (AvgIpc) is 2.93. The first-order chi connectivity index (χ1) is 10.7. The Hall–Kier alpha value is -1.80. The Morgan fingerprint density at radius 2 is 2.14 bits per heavy atom. The van der Waals surface area contributed by atoms with Crippen LogP contribution in [-0.2, 0) is 11.5 Å². The van der Waals surface area contributed by atoms with Gasteiger partial charge in [-0.05, 0) is 25.3 Å². The Kier molecular flexibility index (Phi) is 4.49. The van der Waals surface area contributed by atoms with Crippen LogP contribution in [0.1, 0.15) is 17.3 Å². The van der Waals surface area contributed by atoms with E-state index >= 15 is 0 Å². The van der Waals surface area contributed by atoms with Crippen molar-refractivity contribution in [1.29, 1.82) is 0 Å². The van der Waals surface area contributed by atoms with E-state index in [9.17, 15) is 4.79 Å². The molecule has 3 aromatic heterocycles. The van der Waals surface area contributed by atoms with Crippen molar-refractivity contribution in [2.75, 3.05) is 6.26 Å². The normalized spacial score (nSPS) is 11.2. The molecule has 0 unspecified atom stereocenters. The molecule has 0 amide bonds. The highest BCUT2D eigenvalue weighted by Crippen LogP contribution is 2.21. The van der Waals surface area contributed by atoms with E-state index in [2.05, 4.69) is 15.2 Å². The number of hydrogen-bond acceptors (Lipinski definition) is 7. The van der Waals surface area contributed by atoms with E-state index in [0.717, 1.165) is 5.69 Å². The summed E-state index contributed by atoms with van der Waals surface area (Å²) in [7, 11) is 0. The molecular weight excluding hydrogens is 320 g/mol. The molecule has 3 rings (SSSR count). The largest absolute Gasteiger partial charge is 0.415 e. The summed E-state index contributed by atoms with van der Waals surface area (Å²) < 4.78 is 7.09. The summed E-state index contributed by atoms with van der Waals surface area (Å²) in [6.07, 6.45) is 1.98. The van der Waals surface area contributed by atoms with Crippen molar-refractivity contribution < 1.29 is 4.42 Å². The second-order valence-corrected chi connectivity index (χ2v) is 6.42. The Labute approximate surface area is 135 Å². The standard InChI is InChI=1S/C14H14N4O2S2/c1-9-4-3-5-11-15-10(6-13(19)18(9)11)7-22-14-17-16-12(20-14)8-21-2/h3-6H,7-8H2,1-2H3. The predicted molar refractivity (Wildman–Crippen MR) is 87.3 cm³/mol. The smallest absolute Gasteiger partial charge is 0.276 e. The fraction of sp³-hybridized carbons (Fsp3) is 0.286. The number of hydrogen-bond donors (Lipinski definition) is 0. The van der Waals surface area contributed by atoms with Gasteiger partial charge in [0.1, 0.15) is 5.65 Å². The van der Waals surface area contributed by atoms with E-state index < -0.39 is 0 Å². The fourth-order valence-electron chi connectivity index (χ4n) is 2.05. The van der Waals surface area contributed by atoms with Crippen LogP contribution in [0.15, 0.2) is 38.7 Å². The molecule has 3 aromatic rings. The quantitative estimate of drug-likeness (QED) is 0.664. The van der Waals surface area contributed by atoms with Gasteiger partial charge < -0.3 is 4.42 Å². The predicted octanol–water partition coefficient (Wildman–Crippen LogP) is 2.54. The van der Waals surface area contributed by atoms with Gasteiger partial charge in [0, 0.05) is 17.5 Å². The first-order valence-corrected chi connectivity index (χ1v) is 8.98. The first kappa shape index (κ1) is 15.1. The number of rotatable bonds is 5. The Morgan fingerprint density at radius 3 is 2.95 bits per heavy atom. The summed E-state index contributed by atoms with van der Waals surface area (Å²) >= 11 is 3.01. The lowest BCUT2D eigenvalue weighted by atomic mass is 10.3. The molecule has 0 N–H and O–H groups in total. The third-order valence-corrected chi connectivity index (χ3v) is 4.38. The van der Waals surface area contributed by atoms with E-state index in [0.29, 0.717) is 34.0 Å². The molecule has 0 atom stereocenters. The summed E-state index contributed by atoms with van der Waals surface area (Å²) in [5.41, 5.74) is 2.14. The Morgan fingerprint density at radius 1 is 1.27 bits per heavy atom. The minimum atomic E-state index is -0.0766. The fourth-order valence-corrected chi connectivity index (χ4v) is 3.09. The van der Waals surface area contributed by atoms with Crippen LogP contribution in [0.3, 0.4) is 0 Å². The molecule has 6 nitrogen and oxygen atoms in total. The number of thioether (sulfide) groups is 2. The molecule has 0 saturated heterocycles. The number of aromatic nitrogens is 4. The summed E-state index contributed by atoms with van der Waals surface area (Å²) in [6.45, 7) is 1.89. The van der Waals surface area contributed by atoms with Gasteiger partial charge in [-0.2, -0.15) is 11.8 Å². The van der Waals surface area contributed by atoms with E-state index in [-0.39, 0.29) is 5.56 Å². The molecule has 0 bridgehead atoms. The Balaban J connectivity index is 1.80. The van der Waals surface area contributed by atoms with Crippen LogP contribution >= 0.6 is 23.5 Å². The second-order valence-electron chi connectivity index (χ2n) is 4.63. The minimum Gasteiger partial charge on any atom is -0.415 e. The summed E-state index contributed by atoms with van der Waals surface area (Å²) in [5.74, 6) is 1.82. The number of aryl methyl sites for hydroxylation is 1. The van der Waals surface area contributed by atoms with Gasteiger partial charge in [-0.1, -0.05) is 17.8 Å². The maximum Gasteiger partial charge on any atom is 0.276 e. The van der Waals surface area contributed by atoms with Crippen molar-refractivity contribution in [3.05, 3.63) is 51.9 Å². The molecule has 0 saturated carbocycles. The van der Waals surface area contributed by atoms with Crippen LogP contribution in [-0.4, -0.2) is 25.8 Å². The van der Waals surface area contributed by atoms with Gasteiger partial charge in [0.15, 0.2) is 0 Å². The molecule has 114 valence electrons. The van der Waals surface area contributed by atoms with Crippen molar-refractivity contribution in [2.45, 2.75) is 23.7 Å². The summed E-state index contributed by atoms with van der Waals surface area (Å²) in [5, 5.41) is 8.42. The van der Waals surface area contributed by atoms with Gasteiger partial charge >= 0.3 is 0 Å². The average molecular weight is 334 g/mol. The van der Waals surface area contributed by atoms with E-state index in [1.165, 1.54) is 11.8 Å². The van der Waals surface area contributed by atoms with Crippen LogP contribution in [0.25, 0.3) is 5.65 Å². The third-order valence-electron chi connectivity index (χ3n) is 2.99. The van der Waals surface area contributed by atoms with Crippen LogP contribution < -0.4 is 5.56 Å². The molecule has 0 aromatic carbocycles. The van der Waals surface area contributed by atoms with Gasteiger partial charge in [0.05, 0.1) is 11.4 Å². The Bertz CT molecular complexity index is 859. The van der Waals surface area contributed by atoms with Crippen LogP contribution in [0, 0.1) is 6.92 Å². The molecular formula is C14H14N4O2S2. The highest BCUT2D eigenvalue weighted by atomic mass is 32.2. The van der Waals surface area contributed by atoms with Gasteiger partial charge in [-0.3, -0.25) is 9.20 Å². The number of fused-ring (bicyclic) bond motifs is 1. The van der Waals surface area contributed by atoms with Crippen molar-refractivity contribution >= 4 is 29.2 Å². The first-order valence-electron chi connectivity index (χ1n) is 6.60. The van der Waals surface area contributed by atoms with Crippen molar-refractivity contribution in [2.24, 2.45) is 0 Å². The SMILES string of the molecule is CSCc1nnc(SCc2cc(=O)n3c(C)cccc3n2)o1. The summed E-state index contributed by atoms with van der Waals surface area (Å²) in [6, 6.07) is 7.15. The highest BCUT2D eigenvalue weighted by molar-refractivity contribution is 7.98. The van der Waals surface area contributed by atoms with E-state index in [1.54, 1.807) is 22.2 Å². The molecule has 0 aliphatic carbocycles. The van der Waals surface area contributed by atoms with Gasteiger partial charge in [-0.25, -0.2) is 4.98 Å². The van der Waals surface area contributed by atoms with E-state index in [1.807, 2.05) is 31.4 Å². The van der Waals surface area contributed by atoms with Crippen molar-refractivity contribution in [3.8, 4) is 0 Å². The van der Waals surface area contributed by atoms with E-state index in [4.69, 9.17) is 4.42 Å². The topological polar surface area (TPSA) is 73.3 Å². The second kappa shape index (κ2) is 6.53. The van der Waals surface area contributed by atoms with Gasteiger partial charge in [-0.15, -0.1) is 10.2 Å². The molecule has 0 aliphatic rings. The lowest BCUT2D eigenvalue weighted by molar-refractivity contribution is 0.426. The zero-order valence-corrected chi connectivity index (χ0v) is 13.8. The molecule has 0 spiro atoms. The summed E-state index contributed by atoms with van der Waals surface area (Å²) in [4.78, 5) is 16.7. The molecule has 3 heterocycles. The minimum absolute atomic E-state index is 0.0766. The van der Waals surface area contributed by atoms with Crippen LogP contribution in [0.2, 0.25) is 0 Å². The molecule has 22 heavy (non-hydrogen) atoms. The van der Waals surface area contributed by atoms with Crippen LogP contribution in [0.4, 0.5) is 0 Å². The lowest BCUT2D eigenvalue weighted by Crippen LogP contribution is -2.17. The molecule has 0 aliphatic heterocycles. The van der Waals surface area contributed by atoms with Gasteiger partial charge in [0.2, 0.25) is 5.89 Å². The van der Waals surface area contributed by atoms with Crippen LogP contribution in [0.5, 0.6) is 0 Å². The van der Waals surface area contributed by atoms with Gasteiger partial charge in [0.25, 0.3) is 10.8 Å². The monoisotopic (exact) mass is 334 g/mol. The zero-order valence-electron chi connectivity index (χ0n) is 12.1. The molecule has 0 radical (unpaired) electrons. The maximum atomic E-state index is 12.2.